The summed E-state index contributed by atoms with van der Waals surface area (Å²) in [5.41, 5.74) is 6.48. The Morgan fingerprint density at radius 2 is 2.20 bits per heavy atom. The third-order valence-electron chi connectivity index (χ3n) is 3.59. The molecule has 1 aliphatic heterocycles. The number of ether oxygens (including phenoxy) is 1. The summed E-state index contributed by atoms with van der Waals surface area (Å²) < 4.78 is 11.1. The van der Waals surface area contributed by atoms with Gasteiger partial charge in [0.15, 0.2) is 0 Å². The minimum Gasteiger partial charge on any atom is -0.399 e. The van der Waals surface area contributed by atoms with Crippen LogP contribution >= 0.6 is 11.6 Å². The minimum atomic E-state index is -0.472. The number of rotatable bonds is 2. The van der Waals surface area contributed by atoms with Gasteiger partial charge in [-0.3, -0.25) is 0 Å². The van der Waals surface area contributed by atoms with E-state index in [0.29, 0.717) is 28.0 Å². The summed E-state index contributed by atoms with van der Waals surface area (Å²) in [6.45, 7) is 2.72. The van der Waals surface area contributed by atoms with Gasteiger partial charge >= 0.3 is 0 Å². The number of hydrogen-bond donors (Lipinski definition) is 1. The molecule has 2 N–H and O–H groups in total. The van der Waals surface area contributed by atoms with Gasteiger partial charge in [-0.15, -0.1) is 0 Å². The van der Waals surface area contributed by atoms with Gasteiger partial charge in [-0.2, -0.15) is 4.98 Å². The molecule has 0 saturated carbocycles. The van der Waals surface area contributed by atoms with Crippen LogP contribution in [0.25, 0.3) is 11.5 Å². The van der Waals surface area contributed by atoms with E-state index >= 15 is 0 Å². The first-order valence-corrected chi connectivity index (χ1v) is 7.00. The lowest BCUT2D eigenvalue weighted by atomic mass is 9.95. The van der Waals surface area contributed by atoms with Gasteiger partial charge < -0.3 is 15.0 Å². The van der Waals surface area contributed by atoms with Crippen LogP contribution in [0, 0.1) is 0 Å². The summed E-state index contributed by atoms with van der Waals surface area (Å²) in [7, 11) is 0. The molecular weight excluding hydrogens is 278 g/mol. The first-order valence-electron chi connectivity index (χ1n) is 6.62. The van der Waals surface area contributed by atoms with Crippen LogP contribution < -0.4 is 5.73 Å². The number of nitrogen functional groups attached to an aromatic ring is 1. The minimum absolute atomic E-state index is 0.389. The Balaban J connectivity index is 1.93. The maximum atomic E-state index is 6.15. The van der Waals surface area contributed by atoms with Crippen LogP contribution in [0.1, 0.15) is 32.0 Å². The zero-order valence-electron chi connectivity index (χ0n) is 11.2. The summed E-state index contributed by atoms with van der Waals surface area (Å²) in [6.07, 6.45) is 3.06. The van der Waals surface area contributed by atoms with Crippen molar-refractivity contribution in [3.63, 3.8) is 0 Å². The van der Waals surface area contributed by atoms with E-state index in [-0.39, 0.29) is 0 Å². The SMILES string of the molecule is CC1(c2noc(-c3ccc(N)cc3Cl)n2)CCCCO1. The highest BCUT2D eigenvalue weighted by Gasteiger charge is 2.35. The Bertz CT molecular complexity index is 621. The zero-order valence-corrected chi connectivity index (χ0v) is 12.0. The van der Waals surface area contributed by atoms with Gasteiger partial charge in [0.2, 0.25) is 5.82 Å². The molecule has 0 aliphatic carbocycles. The van der Waals surface area contributed by atoms with Crippen LogP contribution in [-0.2, 0) is 10.3 Å². The average Bonchev–Trinajstić information content (AvgIpc) is 2.90. The molecule has 2 aromatic rings. The number of benzene rings is 1. The average molecular weight is 294 g/mol. The maximum Gasteiger partial charge on any atom is 0.259 e. The molecule has 1 unspecified atom stereocenters. The van der Waals surface area contributed by atoms with Gasteiger partial charge in [-0.1, -0.05) is 16.8 Å². The Morgan fingerprint density at radius 1 is 1.35 bits per heavy atom. The quantitative estimate of drug-likeness (QED) is 0.859. The highest BCUT2D eigenvalue weighted by molar-refractivity contribution is 6.33. The van der Waals surface area contributed by atoms with Crippen LogP contribution in [0.5, 0.6) is 0 Å². The fraction of sp³-hybridized carbons (Fsp3) is 0.429. The van der Waals surface area contributed by atoms with E-state index in [1.807, 2.05) is 6.92 Å². The highest BCUT2D eigenvalue weighted by atomic mass is 35.5. The molecule has 0 amide bonds. The van der Waals surface area contributed by atoms with Crippen molar-refractivity contribution in [3.8, 4) is 11.5 Å². The van der Waals surface area contributed by atoms with E-state index in [0.717, 1.165) is 25.9 Å². The molecule has 20 heavy (non-hydrogen) atoms. The summed E-state index contributed by atoms with van der Waals surface area (Å²) >= 11 is 6.15. The molecule has 106 valence electrons. The van der Waals surface area contributed by atoms with Crippen LogP contribution in [0.15, 0.2) is 22.7 Å². The van der Waals surface area contributed by atoms with Crippen molar-refractivity contribution in [2.75, 3.05) is 12.3 Å². The number of aromatic nitrogens is 2. The number of hydrogen-bond acceptors (Lipinski definition) is 5. The van der Waals surface area contributed by atoms with Gasteiger partial charge in [-0.25, -0.2) is 0 Å². The van der Waals surface area contributed by atoms with Crippen LogP contribution in [0.4, 0.5) is 5.69 Å². The number of anilines is 1. The number of nitrogens with zero attached hydrogens (tertiary/aromatic N) is 2. The van der Waals surface area contributed by atoms with Gasteiger partial charge in [0.05, 0.1) is 10.6 Å². The van der Waals surface area contributed by atoms with Gasteiger partial charge in [0.25, 0.3) is 5.89 Å². The Morgan fingerprint density at radius 3 is 2.90 bits per heavy atom. The van der Waals surface area contributed by atoms with E-state index in [1.54, 1.807) is 18.2 Å². The smallest absolute Gasteiger partial charge is 0.259 e. The predicted molar refractivity (Wildman–Crippen MR) is 76.3 cm³/mol. The van der Waals surface area contributed by atoms with Crippen LogP contribution in [-0.4, -0.2) is 16.7 Å². The van der Waals surface area contributed by atoms with Gasteiger partial charge in [-0.05, 0) is 44.4 Å². The highest BCUT2D eigenvalue weighted by Crippen LogP contribution is 2.35. The number of halogens is 1. The molecule has 3 rings (SSSR count). The number of nitrogens with two attached hydrogens (primary N) is 1. The molecule has 2 heterocycles. The molecular formula is C14H16ClN3O2. The van der Waals surface area contributed by atoms with Crippen molar-refractivity contribution in [2.45, 2.75) is 31.8 Å². The zero-order chi connectivity index (χ0) is 14.2. The van der Waals surface area contributed by atoms with Crippen LogP contribution in [0.2, 0.25) is 5.02 Å². The van der Waals surface area contributed by atoms with E-state index in [1.165, 1.54) is 0 Å². The van der Waals surface area contributed by atoms with Crippen molar-refractivity contribution in [2.24, 2.45) is 0 Å². The molecule has 1 aromatic carbocycles. The maximum absolute atomic E-state index is 6.15. The first-order chi connectivity index (χ1) is 9.58. The van der Waals surface area contributed by atoms with E-state index in [9.17, 15) is 0 Å². The Hall–Kier alpha value is -1.59. The normalized spacial score (nSPS) is 22.9. The molecule has 5 nitrogen and oxygen atoms in total. The van der Waals surface area contributed by atoms with Crippen molar-refractivity contribution >= 4 is 17.3 Å². The molecule has 1 aliphatic rings. The molecule has 1 aromatic heterocycles. The fourth-order valence-electron chi connectivity index (χ4n) is 2.36. The molecule has 0 bridgehead atoms. The second kappa shape index (κ2) is 5.07. The lowest BCUT2D eigenvalue weighted by molar-refractivity contribution is -0.0770. The first kappa shape index (κ1) is 13.4. The van der Waals surface area contributed by atoms with Gasteiger partial charge in [0.1, 0.15) is 5.60 Å². The van der Waals surface area contributed by atoms with Crippen molar-refractivity contribution in [1.82, 2.24) is 10.1 Å². The molecule has 0 spiro atoms. The molecule has 0 radical (unpaired) electrons. The van der Waals surface area contributed by atoms with Crippen molar-refractivity contribution in [3.05, 3.63) is 29.0 Å². The summed E-state index contributed by atoms with van der Waals surface area (Å²) in [5.74, 6) is 0.959. The van der Waals surface area contributed by atoms with E-state index < -0.39 is 5.60 Å². The second-order valence-corrected chi connectivity index (χ2v) is 5.61. The summed E-state index contributed by atoms with van der Waals surface area (Å²) in [6, 6.07) is 5.20. The van der Waals surface area contributed by atoms with Crippen LogP contribution in [0.3, 0.4) is 0 Å². The Labute approximate surface area is 122 Å². The monoisotopic (exact) mass is 293 g/mol. The topological polar surface area (TPSA) is 74.2 Å². The van der Waals surface area contributed by atoms with E-state index in [4.69, 9.17) is 26.6 Å². The molecule has 1 fully saturated rings. The molecule has 1 saturated heterocycles. The molecule has 1 atom stereocenters. The summed E-state index contributed by atoms with van der Waals surface area (Å²) in [5, 5.41) is 4.55. The van der Waals surface area contributed by atoms with E-state index in [2.05, 4.69) is 10.1 Å². The largest absolute Gasteiger partial charge is 0.399 e. The summed E-state index contributed by atoms with van der Waals surface area (Å²) in [4.78, 5) is 4.44. The fourth-order valence-corrected chi connectivity index (χ4v) is 2.63. The lowest BCUT2D eigenvalue weighted by Gasteiger charge is -2.30. The van der Waals surface area contributed by atoms with Crippen molar-refractivity contribution in [1.29, 1.82) is 0 Å². The Kier molecular flexibility index (Phi) is 3.40. The van der Waals surface area contributed by atoms with Crippen molar-refractivity contribution < 1.29 is 9.26 Å². The molecule has 6 heteroatoms. The third-order valence-corrected chi connectivity index (χ3v) is 3.90. The lowest BCUT2D eigenvalue weighted by Crippen LogP contribution is -2.31. The second-order valence-electron chi connectivity index (χ2n) is 5.20. The standard InChI is InChI=1S/C14H16ClN3O2/c1-14(6-2-3-7-19-14)13-17-12(20-18-13)10-5-4-9(16)8-11(10)15/h4-5,8H,2-3,6-7,16H2,1H3. The predicted octanol–water partition coefficient (Wildman–Crippen LogP) is 3.39. The third kappa shape index (κ3) is 2.39. The van der Waals surface area contributed by atoms with Gasteiger partial charge in [0, 0.05) is 12.3 Å².